The number of hydrogen-bond acceptors (Lipinski definition) is 6. The zero-order valence-corrected chi connectivity index (χ0v) is 27.7. The molecule has 1 saturated heterocycles. The Balaban J connectivity index is 1.36. The minimum atomic E-state index is -0.679. The topological polar surface area (TPSA) is 96.2 Å². The standard InChI is InChI=1S/C37H66O6/c1-3-4-5-6-11-16-19-24-33(38)34(39)25-20-21-26-35(40)36-28-27-32(43-36)23-18-15-13-10-8-7-9-12-14-17-22-31-29-30(2)42-37(31)41/h11,16,29-30,32-36,38-40H,3-10,12-15,17-28H2,1-2H3/t30-,32-,33-,34-,35+,36+/m0/s1. The third-order valence-electron chi connectivity index (χ3n) is 9.25. The van der Waals surface area contributed by atoms with Gasteiger partial charge in [0.2, 0.25) is 0 Å². The van der Waals surface area contributed by atoms with E-state index >= 15 is 0 Å². The van der Waals surface area contributed by atoms with E-state index in [1.807, 2.05) is 13.0 Å². The predicted molar refractivity (Wildman–Crippen MR) is 176 cm³/mol. The first-order chi connectivity index (χ1) is 20.9. The molecule has 1 fully saturated rings. The van der Waals surface area contributed by atoms with Crippen molar-refractivity contribution in [1.82, 2.24) is 0 Å². The third kappa shape index (κ3) is 17.8. The van der Waals surface area contributed by atoms with E-state index in [9.17, 15) is 20.1 Å². The summed E-state index contributed by atoms with van der Waals surface area (Å²) in [6, 6.07) is 0. The van der Waals surface area contributed by atoms with Gasteiger partial charge in [0.25, 0.3) is 0 Å². The van der Waals surface area contributed by atoms with E-state index in [4.69, 9.17) is 9.47 Å². The van der Waals surface area contributed by atoms with Gasteiger partial charge in [0, 0.05) is 5.57 Å². The molecule has 0 bridgehead atoms. The van der Waals surface area contributed by atoms with E-state index in [1.165, 1.54) is 77.0 Å². The van der Waals surface area contributed by atoms with Crippen molar-refractivity contribution < 1.29 is 29.6 Å². The molecule has 6 nitrogen and oxygen atoms in total. The molecule has 0 aliphatic carbocycles. The van der Waals surface area contributed by atoms with Gasteiger partial charge in [-0.05, 0) is 83.6 Å². The van der Waals surface area contributed by atoms with E-state index < -0.39 is 18.3 Å². The summed E-state index contributed by atoms with van der Waals surface area (Å²) in [5.74, 6) is -0.117. The lowest BCUT2D eigenvalue weighted by molar-refractivity contribution is -0.139. The van der Waals surface area contributed by atoms with Crippen LogP contribution in [-0.2, 0) is 14.3 Å². The van der Waals surface area contributed by atoms with Crippen molar-refractivity contribution >= 4 is 5.97 Å². The monoisotopic (exact) mass is 606 g/mol. The van der Waals surface area contributed by atoms with Gasteiger partial charge in [0.05, 0.1) is 30.5 Å². The van der Waals surface area contributed by atoms with Gasteiger partial charge in [-0.25, -0.2) is 4.79 Å². The van der Waals surface area contributed by atoms with Gasteiger partial charge in [0.15, 0.2) is 0 Å². The Morgan fingerprint density at radius 2 is 1.40 bits per heavy atom. The summed E-state index contributed by atoms with van der Waals surface area (Å²) in [4.78, 5) is 11.6. The Morgan fingerprint density at radius 3 is 2.07 bits per heavy atom. The molecule has 0 spiro atoms. The summed E-state index contributed by atoms with van der Waals surface area (Å²) in [5.41, 5.74) is 0.870. The molecule has 3 N–H and O–H groups in total. The molecular weight excluding hydrogens is 540 g/mol. The number of aliphatic hydroxyl groups excluding tert-OH is 3. The lowest BCUT2D eigenvalue weighted by Crippen LogP contribution is -2.27. The van der Waals surface area contributed by atoms with Crippen LogP contribution in [0.15, 0.2) is 23.8 Å². The fourth-order valence-electron chi connectivity index (χ4n) is 6.44. The number of carbonyl (C=O) groups is 1. The van der Waals surface area contributed by atoms with Gasteiger partial charge < -0.3 is 24.8 Å². The van der Waals surface area contributed by atoms with Crippen LogP contribution in [0.2, 0.25) is 0 Å². The van der Waals surface area contributed by atoms with Crippen molar-refractivity contribution in [2.75, 3.05) is 0 Å². The summed E-state index contributed by atoms with van der Waals surface area (Å²) in [6.45, 7) is 4.12. The van der Waals surface area contributed by atoms with Gasteiger partial charge in [-0.1, -0.05) is 103 Å². The second-order valence-electron chi connectivity index (χ2n) is 13.3. The molecular formula is C37H66O6. The zero-order valence-electron chi connectivity index (χ0n) is 27.7. The Morgan fingerprint density at radius 1 is 0.767 bits per heavy atom. The van der Waals surface area contributed by atoms with Crippen LogP contribution in [0.25, 0.3) is 0 Å². The van der Waals surface area contributed by atoms with Crippen molar-refractivity contribution in [3.63, 3.8) is 0 Å². The summed E-state index contributed by atoms with van der Waals surface area (Å²) >= 11 is 0. The van der Waals surface area contributed by atoms with Crippen LogP contribution >= 0.6 is 0 Å². The van der Waals surface area contributed by atoms with Crippen LogP contribution in [0.1, 0.15) is 168 Å². The maximum absolute atomic E-state index is 11.6. The number of allylic oxidation sites excluding steroid dienone is 2. The Kier molecular flexibility index (Phi) is 21.3. The normalized spacial score (nSPS) is 22.7. The highest BCUT2D eigenvalue weighted by molar-refractivity contribution is 5.90. The summed E-state index contributed by atoms with van der Waals surface area (Å²) in [7, 11) is 0. The molecule has 0 radical (unpaired) electrons. The first-order valence-electron chi connectivity index (χ1n) is 18.2. The van der Waals surface area contributed by atoms with Gasteiger partial charge in [-0.15, -0.1) is 0 Å². The molecule has 2 heterocycles. The molecule has 250 valence electrons. The molecule has 2 aliphatic rings. The van der Waals surface area contributed by atoms with Gasteiger partial charge in [0.1, 0.15) is 6.10 Å². The molecule has 2 rings (SSSR count). The van der Waals surface area contributed by atoms with E-state index in [2.05, 4.69) is 19.1 Å². The first kappa shape index (κ1) is 38.0. The highest BCUT2D eigenvalue weighted by Crippen LogP contribution is 2.28. The molecule has 6 atom stereocenters. The molecule has 0 aromatic rings. The van der Waals surface area contributed by atoms with E-state index in [1.54, 1.807) is 0 Å². The predicted octanol–water partition coefficient (Wildman–Crippen LogP) is 8.65. The maximum atomic E-state index is 11.6. The molecule has 0 amide bonds. The third-order valence-corrected chi connectivity index (χ3v) is 9.25. The number of hydrogen-bond donors (Lipinski definition) is 3. The minimum absolute atomic E-state index is 0.0445. The van der Waals surface area contributed by atoms with Gasteiger partial charge in [-0.2, -0.15) is 0 Å². The van der Waals surface area contributed by atoms with E-state index in [0.29, 0.717) is 25.4 Å². The van der Waals surface area contributed by atoms with E-state index in [-0.39, 0.29) is 18.2 Å². The molecule has 6 heteroatoms. The van der Waals surface area contributed by atoms with Crippen molar-refractivity contribution in [2.45, 2.75) is 205 Å². The number of cyclic esters (lactones) is 1. The van der Waals surface area contributed by atoms with Crippen LogP contribution in [0.4, 0.5) is 0 Å². The van der Waals surface area contributed by atoms with Crippen molar-refractivity contribution in [2.24, 2.45) is 0 Å². The average Bonchev–Trinajstić information content (AvgIpc) is 3.60. The number of ether oxygens (including phenoxy) is 2. The quantitative estimate of drug-likeness (QED) is 0.0492. The van der Waals surface area contributed by atoms with Crippen LogP contribution in [0, 0.1) is 0 Å². The SMILES string of the molecule is CCCCCC=CCC[C@H](O)[C@@H](O)CCCC[C@@H](O)[C@H]1CC[C@H](CCCCCCCCCCCCC2=C[C@H](C)OC2=O)O1. The minimum Gasteiger partial charge on any atom is -0.455 e. The van der Waals surface area contributed by atoms with Gasteiger partial charge >= 0.3 is 5.97 Å². The summed E-state index contributed by atoms with van der Waals surface area (Å²) < 4.78 is 11.3. The van der Waals surface area contributed by atoms with Crippen LogP contribution in [-0.4, -0.2) is 57.9 Å². The molecule has 0 unspecified atom stereocenters. The Labute approximate surface area is 263 Å². The number of aliphatic hydroxyl groups is 3. The first-order valence-corrected chi connectivity index (χ1v) is 18.2. The largest absolute Gasteiger partial charge is 0.455 e. The summed E-state index contributed by atoms with van der Waals surface area (Å²) in [6.07, 6.45) is 30.4. The maximum Gasteiger partial charge on any atom is 0.334 e. The highest BCUT2D eigenvalue weighted by atomic mass is 16.5. The van der Waals surface area contributed by atoms with Crippen LogP contribution < -0.4 is 0 Å². The van der Waals surface area contributed by atoms with Crippen molar-refractivity contribution in [3.05, 3.63) is 23.8 Å². The van der Waals surface area contributed by atoms with Crippen molar-refractivity contribution in [1.29, 1.82) is 0 Å². The summed E-state index contributed by atoms with van der Waals surface area (Å²) in [5, 5.41) is 31.1. The average molecular weight is 607 g/mol. The van der Waals surface area contributed by atoms with Crippen LogP contribution in [0.3, 0.4) is 0 Å². The molecule has 0 aromatic carbocycles. The Hall–Kier alpha value is -1.21. The molecule has 0 saturated carbocycles. The van der Waals surface area contributed by atoms with E-state index in [0.717, 1.165) is 63.4 Å². The van der Waals surface area contributed by atoms with Crippen LogP contribution in [0.5, 0.6) is 0 Å². The number of carbonyl (C=O) groups excluding carboxylic acids is 1. The Bertz CT molecular complexity index is 764. The second kappa shape index (κ2) is 24.1. The van der Waals surface area contributed by atoms with Gasteiger partial charge in [-0.3, -0.25) is 0 Å². The number of esters is 1. The second-order valence-corrected chi connectivity index (χ2v) is 13.3. The lowest BCUT2D eigenvalue weighted by Gasteiger charge is -2.20. The number of rotatable bonds is 27. The van der Waals surface area contributed by atoms with Crippen molar-refractivity contribution in [3.8, 4) is 0 Å². The fraction of sp³-hybridized carbons (Fsp3) is 0.865. The smallest absolute Gasteiger partial charge is 0.334 e. The fourth-order valence-corrected chi connectivity index (χ4v) is 6.44. The molecule has 43 heavy (non-hydrogen) atoms. The zero-order chi connectivity index (χ0) is 31.1. The molecule has 0 aromatic heterocycles. The highest BCUT2D eigenvalue weighted by Gasteiger charge is 2.30. The number of unbranched alkanes of at least 4 members (excludes halogenated alkanes) is 13. The lowest BCUT2D eigenvalue weighted by atomic mass is 9.99. The molecule has 2 aliphatic heterocycles.